The van der Waals surface area contributed by atoms with Gasteiger partial charge in [0.1, 0.15) is 0 Å². The lowest BCUT2D eigenvalue weighted by Gasteiger charge is -2.04. The highest BCUT2D eigenvalue weighted by atomic mass is 14.1. The van der Waals surface area contributed by atoms with Gasteiger partial charge in [-0.1, -0.05) is 78.9 Å². The van der Waals surface area contributed by atoms with Gasteiger partial charge in [-0.3, -0.25) is 0 Å². The van der Waals surface area contributed by atoms with Crippen molar-refractivity contribution in [1.82, 2.24) is 0 Å². The van der Waals surface area contributed by atoms with Crippen molar-refractivity contribution in [3.8, 4) is 0 Å². The highest BCUT2D eigenvalue weighted by molar-refractivity contribution is 6.02. The molecule has 0 aromatic heterocycles. The molecule has 0 radical (unpaired) electrons. The molecule has 0 spiro atoms. The van der Waals surface area contributed by atoms with Gasteiger partial charge >= 0.3 is 0 Å². The van der Waals surface area contributed by atoms with Gasteiger partial charge < -0.3 is 0 Å². The molecular formula is C20H14. The van der Waals surface area contributed by atoms with Crippen LogP contribution in [0.1, 0.15) is 16.7 Å². The molecule has 0 aliphatic heterocycles. The molecule has 0 amide bonds. The third-order valence-electron chi connectivity index (χ3n) is 3.85. The molecule has 0 heterocycles. The van der Waals surface area contributed by atoms with Crippen LogP contribution in [0.25, 0.3) is 28.5 Å². The van der Waals surface area contributed by atoms with Gasteiger partial charge in [0.25, 0.3) is 0 Å². The van der Waals surface area contributed by atoms with Crippen LogP contribution >= 0.6 is 0 Å². The van der Waals surface area contributed by atoms with Gasteiger partial charge in [0.2, 0.25) is 0 Å². The predicted octanol–water partition coefficient (Wildman–Crippen LogP) is 5.41. The van der Waals surface area contributed by atoms with Crippen LogP contribution in [0.2, 0.25) is 0 Å². The van der Waals surface area contributed by atoms with Crippen molar-refractivity contribution in [3.63, 3.8) is 0 Å². The van der Waals surface area contributed by atoms with Crippen LogP contribution in [0.5, 0.6) is 0 Å². The Labute approximate surface area is 118 Å². The van der Waals surface area contributed by atoms with Crippen LogP contribution in [0.3, 0.4) is 0 Å². The fourth-order valence-electron chi connectivity index (χ4n) is 2.84. The van der Waals surface area contributed by atoms with Gasteiger partial charge in [-0.25, -0.2) is 0 Å². The first-order valence-electron chi connectivity index (χ1n) is 6.89. The molecule has 0 saturated heterocycles. The van der Waals surface area contributed by atoms with Crippen LogP contribution in [0, 0.1) is 0 Å². The topological polar surface area (TPSA) is 0 Å². The molecule has 0 fully saturated rings. The Balaban J connectivity index is 1.90. The van der Waals surface area contributed by atoms with Crippen molar-refractivity contribution in [2.24, 2.45) is 0 Å². The van der Waals surface area contributed by atoms with Crippen LogP contribution in [-0.2, 0) is 0 Å². The normalized spacial score (nSPS) is 14.9. The largest absolute Gasteiger partial charge is 0.0616 e. The minimum atomic E-state index is 1.28. The molecule has 4 rings (SSSR count). The molecular weight excluding hydrogens is 240 g/mol. The molecule has 94 valence electrons. The summed E-state index contributed by atoms with van der Waals surface area (Å²) in [4.78, 5) is 0. The van der Waals surface area contributed by atoms with E-state index in [2.05, 4.69) is 85.0 Å². The minimum Gasteiger partial charge on any atom is -0.0616 e. The Bertz CT molecular complexity index is 845. The van der Waals surface area contributed by atoms with Crippen LogP contribution in [-0.4, -0.2) is 0 Å². The smallest absolute Gasteiger partial charge is 0.0111 e. The fourth-order valence-corrected chi connectivity index (χ4v) is 2.84. The summed E-state index contributed by atoms with van der Waals surface area (Å²) < 4.78 is 0. The molecule has 0 heteroatoms. The van der Waals surface area contributed by atoms with E-state index in [-0.39, 0.29) is 0 Å². The summed E-state index contributed by atoms with van der Waals surface area (Å²) in [7, 11) is 0. The van der Waals surface area contributed by atoms with E-state index in [9.17, 15) is 0 Å². The fraction of sp³-hybridized carbons (Fsp3) is 0. The maximum absolute atomic E-state index is 2.28. The lowest BCUT2D eigenvalue weighted by atomic mass is 10.00. The predicted molar refractivity (Wildman–Crippen MR) is 87.3 cm³/mol. The molecule has 1 aliphatic rings. The van der Waals surface area contributed by atoms with Crippen LogP contribution in [0.4, 0.5) is 0 Å². The molecule has 3 aromatic rings. The van der Waals surface area contributed by atoms with E-state index in [1.807, 2.05) is 0 Å². The first-order chi connectivity index (χ1) is 9.92. The van der Waals surface area contributed by atoms with E-state index in [4.69, 9.17) is 0 Å². The molecule has 0 atom stereocenters. The quantitative estimate of drug-likeness (QED) is 0.545. The van der Waals surface area contributed by atoms with E-state index in [0.717, 1.165) is 0 Å². The molecule has 0 nitrogen and oxygen atoms in total. The Morgan fingerprint density at radius 2 is 1.45 bits per heavy atom. The number of hydrogen-bond donors (Lipinski definition) is 0. The molecule has 0 saturated carbocycles. The van der Waals surface area contributed by atoms with Crippen molar-refractivity contribution >= 4 is 28.5 Å². The zero-order valence-corrected chi connectivity index (χ0v) is 11.1. The van der Waals surface area contributed by atoms with E-state index < -0.39 is 0 Å². The second-order valence-electron chi connectivity index (χ2n) is 5.09. The van der Waals surface area contributed by atoms with E-state index in [0.29, 0.717) is 0 Å². The molecule has 20 heavy (non-hydrogen) atoms. The van der Waals surface area contributed by atoms with Crippen LogP contribution in [0.15, 0.2) is 72.8 Å². The average molecular weight is 254 g/mol. The summed E-state index contributed by atoms with van der Waals surface area (Å²) in [6.45, 7) is 0. The Morgan fingerprint density at radius 3 is 2.45 bits per heavy atom. The first kappa shape index (κ1) is 11.2. The highest BCUT2D eigenvalue weighted by Crippen LogP contribution is 2.31. The number of rotatable bonds is 1. The number of benzene rings is 3. The number of allylic oxidation sites excluding steroid dienone is 2. The van der Waals surface area contributed by atoms with Gasteiger partial charge in [0, 0.05) is 0 Å². The van der Waals surface area contributed by atoms with Gasteiger partial charge in [0.05, 0.1) is 0 Å². The van der Waals surface area contributed by atoms with Crippen molar-refractivity contribution in [1.29, 1.82) is 0 Å². The molecule has 0 bridgehead atoms. The number of fused-ring (bicyclic) bond motifs is 2. The van der Waals surface area contributed by atoms with Gasteiger partial charge in [0.15, 0.2) is 0 Å². The van der Waals surface area contributed by atoms with Gasteiger partial charge in [-0.2, -0.15) is 0 Å². The Morgan fingerprint density at radius 1 is 0.650 bits per heavy atom. The molecule has 0 N–H and O–H groups in total. The second-order valence-corrected chi connectivity index (χ2v) is 5.09. The summed E-state index contributed by atoms with van der Waals surface area (Å²) in [6, 6.07) is 23.5. The summed E-state index contributed by atoms with van der Waals surface area (Å²) in [5.41, 5.74) is 5.19. The van der Waals surface area contributed by atoms with Crippen molar-refractivity contribution < 1.29 is 0 Å². The molecule has 0 unspecified atom stereocenters. The van der Waals surface area contributed by atoms with Crippen molar-refractivity contribution in [2.45, 2.75) is 0 Å². The average Bonchev–Trinajstić information content (AvgIpc) is 2.91. The van der Waals surface area contributed by atoms with E-state index in [1.54, 1.807) is 0 Å². The third kappa shape index (κ3) is 1.78. The molecule has 1 aliphatic carbocycles. The zero-order chi connectivity index (χ0) is 13.4. The van der Waals surface area contributed by atoms with E-state index in [1.165, 1.54) is 33.0 Å². The maximum atomic E-state index is 2.28. The Kier molecular flexibility index (Phi) is 2.53. The van der Waals surface area contributed by atoms with Gasteiger partial charge in [-0.05, 0) is 39.1 Å². The summed E-state index contributed by atoms with van der Waals surface area (Å²) in [6.07, 6.45) is 6.67. The summed E-state index contributed by atoms with van der Waals surface area (Å²) >= 11 is 0. The number of hydrogen-bond acceptors (Lipinski definition) is 0. The minimum absolute atomic E-state index is 1.28. The summed E-state index contributed by atoms with van der Waals surface area (Å²) in [5.74, 6) is 0. The van der Waals surface area contributed by atoms with Crippen molar-refractivity contribution in [2.75, 3.05) is 0 Å². The van der Waals surface area contributed by atoms with Crippen LogP contribution < -0.4 is 0 Å². The lowest BCUT2D eigenvalue weighted by Crippen LogP contribution is -1.82. The highest BCUT2D eigenvalue weighted by Gasteiger charge is 2.09. The standard InChI is InChI=1S/C20H14/c1-3-10-19-15(6-1)8-5-9-17(19)14-18-13-12-16-7-2-4-11-20(16)18/h1-14H. The van der Waals surface area contributed by atoms with E-state index >= 15 is 0 Å². The van der Waals surface area contributed by atoms with Crippen molar-refractivity contribution in [3.05, 3.63) is 89.5 Å². The van der Waals surface area contributed by atoms with Gasteiger partial charge in [-0.15, -0.1) is 0 Å². The second kappa shape index (κ2) is 4.50. The third-order valence-corrected chi connectivity index (χ3v) is 3.85. The monoisotopic (exact) mass is 254 g/mol. The molecule has 3 aromatic carbocycles. The Hall–Kier alpha value is -2.60. The SMILES string of the molecule is C1=Cc2ccccc2C1=Cc1cccc2ccccc12. The lowest BCUT2D eigenvalue weighted by molar-refractivity contribution is 1.62. The first-order valence-corrected chi connectivity index (χ1v) is 6.89. The summed E-state index contributed by atoms with van der Waals surface area (Å²) in [5, 5.41) is 2.59. The zero-order valence-electron chi connectivity index (χ0n) is 11.1. The maximum Gasteiger partial charge on any atom is -0.0111 e.